The van der Waals surface area contributed by atoms with Crippen molar-refractivity contribution in [2.45, 2.75) is 27.2 Å². The van der Waals surface area contributed by atoms with Crippen molar-refractivity contribution in [3.05, 3.63) is 36.4 Å². The van der Waals surface area contributed by atoms with Crippen molar-refractivity contribution >= 4 is 0 Å². The molecule has 1 unspecified atom stereocenters. The lowest BCUT2D eigenvalue weighted by Gasteiger charge is -1.91. The van der Waals surface area contributed by atoms with Crippen LogP contribution in [0, 0.1) is 11.3 Å². The number of benzene rings is 1. The zero-order chi connectivity index (χ0) is 9.03. The quantitative estimate of drug-likeness (QED) is 0.545. The molecule has 1 aromatic rings. The monoisotopic (exact) mass is 162 g/mol. The van der Waals surface area contributed by atoms with E-state index in [0.717, 1.165) is 5.92 Å². The highest BCUT2D eigenvalue weighted by Gasteiger charge is 2.41. The second kappa shape index (κ2) is 3.75. The average molecular weight is 162 g/mol. The molecule has 0 heteroatoms. The molecule has 1 aromatic carbocycles. The minimum absolute atomic E-state index is 0.708. The molecule has 0 nitrogen and oxygen atoms in total. The molecule has 12 heavy (non-hydrogen) atoms. The lowest BCUT2D eigenvalue weighted by atomic mass is 10.1. The fourth-order valence-corrected chi connectivity index (χ4v) is 1.12. The van der Waals surface area contributed by atoms with E-state index < -0.39 is 0 Å². The van der Waals surface area contributed by atoms with Crippen molar-refractivity contribution < 1.29 is 0 Å². The zero-order valence-corrected chi connectivity index (χ0v) is 8.25. The second-order valence-electron chi connectivity index (χ2n) is 4.25. The van der Waals surface area contributed by atoms with E-state index in [1.807, 2.05) is 36.4 Å². The summed E-state index contributed by atoms with van der Waals surface area (Å²) in [7, 11) is 0. The highest BCUT2D eigenvalue weighted by molar-refractivity contribution is 4.99. The molecule has 0 heterocycles. The van der Waals surface area contributed by atoms with Gasteiger partial charge in [-0.3, -0.25) is 0 Å². The Kier molecular flexibility index (Phi) is 2.91. The van der Waals surface area contributed by atoms with E-state index >= 15 is 0 Å². The topological polar surface area (TPSA) is 0 Å². The molecule has 1 aliphatic rings. The molecule has 1 aliphatic carbocycles. The van der Waals surface area contributed by atoms with E-state index in [4.69, 9.17) is 0 Å². The van der Waals surface area contributed by atoms with Crippen molar-refractivity contribution in [3.63, 3.8) is 0 Å². The van der Waals surface area contributed by atoms with Gasteiger partial charge in [-0.15, -0.1) is 0 Å². The minimum atomic E-state index is 0.708. The fraction of sp³-hybridized carbons (Fsp3) is 0.500. The summed E-state index contributed by atoms with van der Waals surface area (Å²) in [4.78, 5) is 0. The summed E-state index contributed by atoms with van der Waals surface area (Å²) >= 11 is 0. The molecule has 0 spiro atoms. The lowest BCUT2D eigenvalue weighted by Crippen LogP contribution is -1.82. The summed E-state index contributed by atoms with van der Waals surface area (Å²) in [6.45, 7) is 6.94. The Bertz CT molecular complexity index is 184. The first-order valence-electron chi connectivity index (χ1n) is 4.63. The molecule has 0 saturated heterocycles. The summed E-state index contributed by atoms with van der Waals surface area (Å²) in [5, 5.41) is 0. The first-order valence-corrected chi connectivity index (χ1v) is 4.63. The van der Waals surface area contributed by atoms with Gasteiger partial charge in [0.15, 0.2) is 0 Å². The summed E-state index contributed by atoms with van der Waals surface area (Å²) in [6.07, 6.45) is 1.44. The molecule has 2 rings (SSSR count). The maximum absolute atomic E-state index is 2.32. The van der Waals surface area contributed by atoms with Crippen molar-refractivity contribution in [3.8, 4) is 0 Å². The summed E-state index contributed by atoms with van der Waals surface area (Å²) in [5.41, 5.74) is 0.708. The van der Waals surface area contributed by atoms with E-state index in [1.54, 1.807) is 0 Å². The highest BCUT2D eigenvalue weighted by Crippen LogP contribution is 2.50. The first kappa shape index (κ1) is 9.31. The van der Waals surface area contributed by atoms with Gasteiger partial charge in [-0.05, 0) is 17.8 Å². The third kappa shape index (κ3) is 3.08. The summed E-state index contributed by atoms with van der Waals surface area (Å²) in [5.74, 6) is 0.998. The van der Waals surface area contributed by atoms with Crippen molar-refractivity contribution in [2.75, 3.05) is 0 Å². The van der Waals surface area contributed by atoms with Crippen LogP contribution in [0.2, 0.25) is 0 Å². The molecule has 66 valence electrons. The van der Waals surface area contributed by atoms with Crippen LogP contribution in [0.15, 0.2) is 36.4 Å². The molecule has 0 bridgehead atoms. The largest absolute Gasteiger partial charge is 0.0623 e. The second-order valence-corrected chi connectivity index (χ2v) is 4.25. The predicted octanol–water partition coefficient (Wildman–Crippen LogP) is 3.74. The Balaban J connectivity index is 0.000000120. The molecule has 1 saturated carbocycles. The van der Waals surface area contributed by atoms with Crippen LogP contribution in [0.1, 0.15) is 27.2 Å². The van der Waals surface area contributed by atoms with E-state index in [2.05, 4.69) is 20.8 Å². The molecule has 0 N–H and O–H groups in total. The first-order chi connectivity index (χ1) is 5.63. The molecular formula is C12H18. The van der Waals surface area contributed by atoms with E-state index in [9.17, 15) is 0 Å². The van der Waals surface area contributed by atoms with Gasteiger partial charge < -0.3 is 0 Å². The van der Waals surface area contributed by atoms with Crippen LogP contribution in [0.5, 0.6) is 0 Å². The van der Waals surface area contributed by atoms with Crippen LogP contribution in [0.3, 0.4) is 0 Å². The third-order valence-electron chi connectivity index (χ3n) is 2.67. The van der Waals surface area contributed by atoms with Gasteiger partial charge in [0.25, 0.3) is 0 Å². The van der Waals surface area contributed by atoms with Crippen molar-refractivity contribution in [2.24, 2.45) is 11.3 Å². The Morgan fingerprint density at radius 3 is 1.17 bits per heavy atom. The van der Waals surface area contributed by atoms with Gasteiger partial charge in [-0.2, -0.15) is 0 Å². The van der Waals surface area contributed by atoms with Gasteiger partial charge in [0.05, 0.1) is 0 Å². The number of hydrogen-bond acceptors (Lipinski definition) is 0. The average Bonchev–Trinajstić information content (AvgIpc) is 2.61. The SMILES string of the molecule is CC1CC1(C)C.c1ccccc1. The number of rotatable bonds is 0. The van der Waals surface area contributed by atoms with Crippen molar-refractivity contribution in [1.82, 2.24) is 0 Å². The molecule has 0 aliphatic heterocycles. The van der Waals surface area contributed by atoms with Gasteiger partial charge in [-0.25, -0.2) is 0 Å². The van der Waals surface area contributed by atoms with E-state index in [-0.39, 0.29) is 0 Å². The molecule has 1 atom stereocenters. The van der Waals surface area contributed by atoms with Crippen LogP contribution >= 0.6 is 0 Å². The van der Waals surface area contributed by atoms with Crippen LogP contribution < -0.4 is 0 Å². The molecule has 1 fully saturated rings. The third-order valence-corrected chi connectivity index (χ3v) is 2.67. The summed E-state index contributed by atoms with van der Waals surface area (Å²) < 4.78 is 0. The van der Waals surface area contributed by atoms with Crippen molar-refractivity contribution in [1.29, 1.82) is 0 Å². The van der Waals surface area contributed by atoms with Gasteiger partial charge in [0.2, 0.25) is 0 Å². The van der Waals surface area contributed by atoms with E-state index in [1.165, 1.54) is 6.42 Å². The van der Waals surface area contributed by atoms with Crippen LogP contribution in [0.4, 0.5) is 0 Å². The van der Waals surface area contributed by atoms with Gasteiger partial charge in [0, 0.05) is 0 Å². The highest BCUT2D eigenvalue weighted by atomic mass is 14.5. The maximum atomic E-state index is 2.32. The Labute approximate surface area is 75.6 Å². The smallest absolute Gasteiger partial charge is 0.0326 e. The predicted molar refractivity (Wildman–Crippen MR) is 54.0 cm³/mol. The van der Waals surface area contributed by atoms with Crippen LogP contribution in [0.25, 0.3) is 0 Å². The Morgan fingerprint density at radius 1 is 0.917 bits per heavy atom. The van der Waals surface area contributed by atoms with Crippen LogP contribution in [-0.4, -0.2) is 0 Å². The standard InChI is InChI=1S/C6H12.C6H6/c1-5-4-6(5,2)3;1-2-4-6-5-3-1/h5H,4H2,1-3H3;1-6H. The minimum Gasteiger partial charge on any atom is -0.0623 e. The zero-order valence-electron chi connectivity index (χ0n) is 8.25. The van der Waals surface area contributed by atoms with E-state index in [0.29, 0.717) is 5.41 Å². The Hall–Kier alpha value is -0.780. The number of hydrogen-bond donors (Lipinski definition) is 0. The lowest BCUT2D eigenvalue weighted by molar-refractivity contribution is 0.586. The van der Waals surface area contributed by atoms with Gasteiger partial charge in [-0.1, -0.05) is 57.2 Å². The fourth-order valence-electron chi connectivity index (χ4n) is 1.12. The molecule has 0 amide bonds. The molecular weight excluding hydrogens is 144 g/mol. The van der Waals surface area contributed by atoms with Crippen LogP contribution in [-0.2, 0) is 0 Å². The van der Waals surface area contributed by atoms with Gasteiger partial charge >= 0.3 is 0 Å². The molecule has 0 aromatic heterocycles. The summed E-state index contributed by atoms with van der Waals surface area (Å²) in [6, 6.07) is 12.0. The Morgan fingerprint density at radius 2 is 1.08 bits per heavy atom. The maximum Gasteiger partial charge on any atom is -0.0326 e. The van der Waals surface area contributed by atoms with Gasteiger partial charge in [0.1, 0.15) is 0 Å². The molecule has 0 radical (unpaired) electrons. The normalized spacial score (nSPS) is 23.8.